The van der Waals surface area contributed by atoms with Gasteiger partial charge in [-0.05, 0) is 51.0 Å². The third kappa shape index (κ3) is 2.92. The van der Waals surface area contributed by atoms with E-state index in [9.17, 15) is 0 Å². The molecule has 4 atom stereocenters. The molecule has 2 aliphatic carbocycles. The van der Waals surface area contributed by atoms with Crippen LogP contribution in [0.1, 0.15) is 39.0 Å². The van der Waals surface area contributed by atoms with Crippen LogP contribution >= 0.6 is 0 Å². The third-order valence-electron chi connectivity index (χ3n) is 4.79. The SMILES string of the molecule is CC(CC(N)=NO)N(C)CC1CC2CCC1C2. The van der Waals surface area contributed by atoms with Gasteiger partial charge >= 0.3 is 0 Å². The first-order valence-corrected chi connectivity index (χ1v) is 6.76. The number of hydrogen-bond donors (Lipinski definition) is 2. The summed E-state index contributed by atoms with van der Waals surface area (Å²) >= 11 is 0. The molecular weight excluding hydrogens is 214 g/mol. The predicted molar refractivity (Wildman–Crippen MR) is 69.1 cm³/mol. The lowest BCUT2D eigenvalue weighted by Gasteiger charge is -2.31. The number of fused-ring (bicyclic) bond motifs is 2. The van der Waals surface area contributed by atoms with Crippen molar-refractivity contribution in [1.82, 2.24) is 4.90 Å². The lowest BCUT2D eigenvalue weighted by Crippen LogP contribution is -2.37. The molecule has 0 saturated heterocycles. The quantitative estimate of drug-likeness (QED) is 0.333. The van der Waals surface area contributed by atoms with Crippen molar-refractivity contribution >= 4 is 5.84 Å². The highest BCUT2D eigenvalue weighted by Crippen LogP contribution is 2.48. The van der Waals surface area contributed by atoms with Gasteiger partial charge in [0.25, 0.3) is 0 Å². The molecule has 0 aliphatic heterocycles. The summed E-state index contributed by atoms with van der Waals surface area (Å²) in [5.74, 6) is 3.20. The summed E-state index contributed by atoms with van der Waals surface area (Å²) in [5, 5.41) is 11.6. The predicted octanol–water partition coefficient (Wildman–Crippen LogP) is 1.88. The van der Waals surface area contributed by atoms with Gasteiger partial charge in [-0.25, -0.2) is 0 Å². The van der Waals surface area contributed by atoms with Gasteiger partial charge in [0.1, 0.15) is 5.84 Å². The van der Waals surface area contributed by atoms with E-state index in [4.69, 9.17) is 10.9 Å². The highest BCUT2D eigenvalue weighted by Gasteiger charge is 2.39. The second-order valence-corrected chi connectivity index (χ2v) is 6.02. The fraction of sp³-hybridized carbons (Fsp3) is 0.923. The monoisotopic (exact) mass is 239 g/mol. The van der Waals surface area contributed by atoms with Crippen molar-refractivity contribution in [3.05, 3.63) is 0 Å². The zero-order valence-electron chi connectivity index (χ0n) is 11.0. The summed E-state index contributed by atoms with van der Waals surface area (Å²) in [6, 6.07) is 0.352. The van der Waals surface area contributed by atoms with Gasteiger partial charge in [0, 0.05) is 19.0 Å². The van der Waals surface area contributed by atoms with E-state index in [2.05, 4.69) is 24.0 Å². The van der Waals surface area contributed by atoms with Gasteiger partial charge < -0.3 is 15.8 Å². The molecule has 0 spiro atoms. The second-order valence-electron chi connectivity index (χ2n) is 6.02. The lowest BCUT2D eigenvalue weighted by molar-refractivity contribution is 0.183. The van der Waals surface area contributed by atoms with Gasteiger partial charge in [-0.1, -0.05) is 11.6 Å². The summed E-state index contributed by atoms with van der Waals surface area (Å²) in [6.45, 7) is 3.31. The molecule has 4 heteroatoms. The topological polar surface area (TPSA) is 61.9 Å². The zero-order valence-corrected chi connectivity index (χ0v) is 11.0. The van der Waals surface area contributed by atoms with Crippen molar-refractivity contribution in [2.75, 3.05) is 13.6 Å². The van der Waals surface area contributed by atoms with Gasteiger partial charge in [0.15, 0.2) is 0 Å². The van der Waals surface area contributed by atoms with Crippen molar-refractivity contribution in [3.63, 3.8) is 0 Å². The van der Waals surface area contributed by atoms with Crippen LogP contribution in [-0.4, -0.2) is 35.6 Å². The van der Waals surface area contributed by atoms with Crippen molar-refractivity contribution in [1.29, 1.82) is 0 Å². The minimum atomic E-state index is 0.331. The highest BCUT2D eigenvalue weighted by atomic mass is 16.4. The Balaban J connectivity index is 1.78. The summed E-state index contributed by atoms with van der Waals surface area (Å²) in [5.41, 5.74) is 5.55. The standard InChI is InChI=1S/C13H25N3O/c1-9(5-13(14)15-17)16(2)8-12-7-10-3-4-11(12)6-10/h9-12,17H,3-8H2,1-2H3,(H2,14,15). The molecule has 4 unspecified atom stereocenters. The Morgan fingerprint density at radius 2 is 2.24 bits per heavy atom. The van der Waals surface area contributed by atoms with Gasteiger partial charge in [-0.3, -0.25) is 0 Å². The lowest BCUT2D eigenvalue weighted by atomic mass is 9.88. The Kier molecular flexibility index (Phi) is 3.92. The van der Waals surface area contributed by atoms with Crippen molar-refractivity contribution in [2.24, 2.45) is 28.6 Å². The molecule has 0 heterocycles. The van der Waals surface area contributed by atoms with Gasteiger partial charge in [0.2, 0.25) is 0 Å². The van der Waals surface area contributed by atoms with Crippen molar-refractivity contribution in [3.8, 4) is 0 Å². The molecule has 2 bridgehead atoms. The van der Waals surface area contributed by atoms with Crippen LogP contribution < -0.4 is 5.73 Å². The van der Waals surface area contributed by atoms with E-state index in [1.165, 1.54) is 32.2 Å². The summed E-state index contributed by atoms with van der Waals surface area (Å²) in [6.07, 6.45) is 6.44. The first-order valence-electron chi connectivity index (χ1n) is 6.76. The van der Waals surface area contributed by atoms with Crippen LogP contribution in [0.25, 0.3) is 0 Å². The van der Waals surface area contributed by atoms with Gasteiger partial charge in [0.05, 0.1) is 0 Å². The highest BCUT2D eigenvalue weighted by molar-refractivity contribution is 5.80. The van der Waals surface area contributed by atoms with Crippen molar-refractivity contribution in [2.45, 2.75) is 45.1 Å². The van der Waals surface area contributed by atoms with Crippen LogP contribution in [0, 0.1) is 17.8 Å². The molecule has 4 nitrogen and oxygen atoms in total. The van der Waals surface area contributed by atoms with Gasteiger partial charge in [-0.15, -0.1) is 0 Å². The normalized spacial score (nSPS) is 34.5. The Labute approximate surface area is 104 Å². The van der Waals surface area contributed by atoms with E-state index < -0.39 is 0 Å². The number of oxime groups is 1. The Morgan fingerprint density at radius 3 is 2.76 bits per heavy atom. The van der Waals surface area contributed by atoms with E-state index >= 15 is 0 Å². The second kappa shape index (κ2) is 5.25. The van der Waals surface area contributed by atoms with Crippen molar-refractivity contribution < 1.29 is 5.21 Å². The van der Waals surface area contributed by atoms with E-state index in [1.807, 2.05) is 0 Å². The summed E-state index contributed by atoms with van der Waals surface area (Å²) in [7, 11) is 2.15. The van der Waals surface area contributed by atoms with Crippen LogP contribution in [0.2, 0.25) is 0 Å². The molecule has 17 heavy (non-hydrogen) atoms. The smallest absolute Gasteiger partial charge is 0.140 e. The number of rotatable bonds is 5. The molecule has 0 aromatic rings. The maximum Gasteiger partial charge on any atom is 0.140 e. The first-order chi connectivity index (χ1) is 8.10. The number of nitrogens with zero attached hydrogens (tertiary/aromatic N) is 2. The van der Waals surface area contributed by atoms with Crippen LogP contribution in [0.3, 0.4) is 0 Å². The molecule has 2 rings (SSSR count). The molecule has 2 saturated carbocycles. The molecule has 0 amide bonds. The fourth-order valence-corrected chi connectivity index (χ4v) is 3.65. The molecule has 0 radical (unpaired) electrons. The van der Waals surface area contributed by atoms with E-state index in [-0.39, 0.29) is 0 Å². The minimum absolute atomic E-state index is 0.331. The largest absolute Gasteiger partial charge is 0.409 e. The number of nitrogens with two attached hydrogens (primary N) is 1. The van der Waals surface area contributed by atoms with Crippen LogP contribution in [0.15, 0.2) is 5.16 Å². The number of hydrogen-bond acceptors (Lipinski definition) is 3. The molecule has 0 aromatic carbocycles. The van der Waals surface area contributed by atoms with Gasteiger partial charge in [-0.2, -0.15) is 0 Å². The van der Waals surface area contributed by atoms with Crippen LogP contribution in [0.5, 0.6) is 0 Å². The maximum atomic E-state index is 8.58. The van der Waals surface area contributed by atoms with E-state index in [0.717, 1.165) is 17.8 Å². The number of amidine groups is 1. The van der Waals surface area contributed by atoms with Crippen LogP contribution in [0.4, 0.5) is 0 Å². The molecule has 98 valence electrons. The Morgan fingerprint density at radius 1 is 1.47 bits per heavy atom. The maximum absolute atomic E-state index is 8.58. The summed E-state index contributed by atoms with van der Waals surface area (Å²) < 4.78 is 0. The average molecular weight is 239 g/mol. The third-order valence-corrected chi connectivity index (χ3v) is 4.79. The first kappa shape index (κ1) is 12.7. The minimum Gasteiger partial charge on any atom is -0.409 e. The molecule has 2 fully saturated rings. The molecule has 3 N–H and O–H groups in total. The Bertz CT molecular complexity index is 292. The average Bonchev–Trinajstić information content (AvgIpc) is 2.90. The molecule has 0 aromatic heterocycles. The summed E-state index contributed by atoms with van der Waals surface area (Å²) in [4.78, 5) is 2.36. The zero-order chi connectivity index (χ0) is 12.4. The fourth-order valence-electron chi connectivity index (χ4n) is 3.65. The van der Waals surface area contributed by atoms with Crippen LogP contribution in [-0.2, 0) is 0 Å². The van der Waals surface area contributed by atoms with E-state index in [1.54, 1.807) is 0 Å². The Hall–Kier alpha value is -0.770. The molecular formula is C13H25N3O. The molecule has 2 aliphatic rings. The van der Waals surface area contributed by atoms with E-state index in [0.29, 0.717) is 18.3 Å².